The Kier molecular flexibility index (Phi) is 7.99. The van der Waals surface area contributed by atoms with Gasteiger partial charge >= 0.3 is 0 Å². The van der Waals surface area contributed by atoms with Crippen molar-refractivity contribution in [3.8, 4) is 5.75 Å². The Morgan fingerprint density at radius 1 is 1.18 bits per heavy atom. The van der Waals surface area contributed by atoms with Crippen molar-refractivity contribution < 1.29 is 18.7 Å². The summed E-state index contributed by atoms with van der Waals surface area (Å²) >= 11 is 3.45. The predicted molar refractivity (Wildman–Crippen MR) is 109 cm³/mol. The third-order valence-corrected chi connectivity index (χ3v) is 5.06. The molecule has 1 unspecified atom stereocenters. The van der Waals surface area contributed by atoms with Gasteiger partial charge in [0.1, 0.15) is 17.6 Å². The minimum atomic E-state index is -0.697. The largest absolute Gasteiger partial charge is 0.483 e. The molecule has 0 aliphatic carbocycles. The lowest BCUT2D eigenvalue weighted by Gasteiger charge is -2.28. The Balaban J connectivity index is 2.13. The van der Waals surface area contributed by atoms with Crippen LogP contribution in [0.2, 0.25) is 0 Å². The van der Waals surface area contributed by atoms with Crippen LogP contribution in [-0.2, 0) is 22.6 Å². The summed E-state index contributed by atoms with van der Waals surface area (Å²) in [6, 6.07) is 10.8. The number of nitrogens with one attached hydrogen (secondary N) is 1. The fourth-order valence-corrected chi connectivity index (χ4v) is 3.22. The zero-order chi connectivity index (χ0) is 20.7. The smallest absolute Gasteiger partial charge is 0.261 e. The fourth-order valence-electron chi connectivity index (χ4n) is 2.68. The molecular weight excluding hydrogens is 427 g/mol. The van der Waals surface area contributed by atoms with E-state index in [-0.39, 0.29) is 30.8 Å². The molecule has 0 saturated carbocycles. The lowest BCUT2D eigenvalue weighted by Crippen LogP contribution is -2.48. The molecule has 0 spiro atoms. The maximum absolute atomic E-state index is 13.2. The van der Waals surface area contributed by atoms with Gasteiger partial charge in [0.25, 0.3) is 5.91 Å². The molecular formula is C21H24BrFN2O3. The van der Waals surface area contributed by atoms with Crippen molar-refractivity contribution in [2.45, 2.75) is 32.9 Å². The van der Waals surface area contributed by atoms with Crippen LogP contribution >= 0.6 is 15.9 Å². The second-order valence-electron chi connectivity index (χ2n) is 6.35. The van der Waals surface area contributed by atoms with Crippen molar-refractivity contribution in [1.29, 1.82) is 0 Å². The van der Waals surface area contributed by atoms with E-state index in [1.165, 1.54) is 24.1 Å². The van der Waals surface area contributed by atoms with Crippen LogP contribution in [0, 0.1) is 5.82 Å². The molecule has 28 heavy (non-hydrogen) atoms. The van der Waals surface area contributed by atoms with Gasteiger partial charge in [0.15, 0.2) is 6.61 Å². The van der Waals surface area contributed by atoms with Crippen molar-refractivity contribution in [3.05, 3.63) is 63.9 Å². The zero-order valence-electron chi connectivity index (χ0n) is 16.2. The Labute approximate surface area is 173 Å². The molecule has 0 saturated heterocycles. The lowest BCUT2D eigenvalue weighted by molar-refractivity contribution is -0.142. The number of carbonyl (C=O) groups is 2. The molecule has 5 nitrogen and oxygen atoms in total. The monoisotopic (exact) mass is 450 g/mol. The molecule has 150 valence electrons. The van der Waals surface area contributed by atoms with E-state index in [9.17, 15) is 14.0 Å². The lowest BCUT2D eigenvalue weighted by atomic mass is 10.1. The van der Waals surface area contributed by atoms with Gasteiger partial charge < -0.3 is 15.0 Å². The third-order valence-electron chi connectivity index (χ3n) is 4.44. The van der Waals surface area contributed by atoms with E-state index in [1.807, 2.05) is 18.2 Å². The van der Waals surface area contributed by atoms with Gasteiger partial charge in [-0.05, 0) is 64.7 Å². The average Bonchev–Trinajstić information content (AvgIpc) is 2.70. The Morgan fingerprint density at radius 2 is 1.82 bits per heavy atom. The van der Waals surface area contributed by atoms with Crippen molar-refractivity contribution in [3.63, 3.8) is 0 Å². The summed E-state index contributed by atoms with van der Waals surface area (Å²) in [5.41, 5.74) is 1.87. The van der Waals surface area contributed by atoms with Gasteiger partial charge in [0.2, 0.25) is 5.91 Å². The highest BCUT2D eigenvalue weighted by atomic mass is 79.9. The first-order chi connectivity index (χ1) is 13.3. The maximum Gasteiger partial charge on any atom is 0.261 e. The number of rotatable bonds is 8. The van der Waals surface area contributed by atoms with Crippen LogP contribution in [-0.4, -0.2) is 36.4 Å². The zero-order valence-corrected chi connectivity index (χ0v) is 17.8. The number of halogens is 2. The second-order valence-corrected chi connectivity index (χ2v) is 7.20. The Morgan fingerprint density at radius 3 is 2.39 bits per heavy atom. The first-order valence-corrected chi connectivity index (χ1v) is 9.81. The van der Waals surface area contributed by atoms with Crippen LogP contribution in [0.5, 0.6) is 5.75 Å². The van der Waals surface area contributed by atoms with Crippen molar-refractivity contribution in [2.75, 3.05) is 13.7 Å². The van der Waals surface area contributed by atoms with Gasteiger partial charge in [-0.25, -0.2) is 4.39 Å². The van der Waals surface area contributed by atoms with Gasteiger partial charge in [-0.3, -0.25) is 9.59 Å². The third kappa shape index (κ3) is 5.79. The van der Waals surface area contributed by atoms with E-state index in [4.69, 9.17) is 4.74 Å². The summed E-state index contributed by atoms with van der Waals surface area (Å²) in [6.45, 7) is 3.66. The van der Waals surface area contributed by atoms with Crippen LogP contribution in [0.15, 0.2) is 46.9 Å². The molecule has 0 fully saturated rings. The highest BCUT2D eigenvalue weighted by Gasteiger charge is 2.26. The van der Waals surface area contributed by atoms with Crippen molar-refractivity contribution in [1.82, 2.24) is 10.2 Å². The molecule has 0 heterocycles. The van der Waals surface area contributed by atoms with Crippen LogP contribution < -0.4 is 10.1 Å². The van der Waals surface area contributed by atoms with E-state index in [0.29, 0.717) is 5.75 Å². The van der Waals surface area contributed by atoms with Crippen LogP contribution in [0.1, 0.15) is 25.0 Å². The molecule has 0 aromatic heterocycles. The standard InChI is InChI=1S/C21H24BrFN2O3/c1-4-15-7-10-19(18(22)11-15)28-13-20(26)25(14(2)21(27)24-3)12-16-5-8-17(23)9-6-16/h5-11,14H,4,12-13H2,1-3H3,(H,24,27). The van der Waals surface area contributed by atoms with Crippen LogP contribution in [0.25, 0.3) is 0 Å². The molecule has 1 N–H and O–H groups in total. The number of ether oxygens (including phenoxy) is 1. The summed E-state index contributed by atoms with van der Waals surface area (Å²) in [4.78, 5) is 26.3. The molecule has 0 bridgehead atoms. The Bertz CT molecular complexity index is 827. The van der Waals surface area contributed by atoms with Gasteiger partial charge in [-0.15, -0.1) is 0 Å². The number of hydrogen-bond donors (Lipinski definition) is 1. The maximum atomic E-state index is 13.2. The molecule has 7 heteroatoms. The topological polar surface area (TPSA) is 58.6 Å². The molecule has 2 rings (SSSR count). The van der Waals surface area contributed by atoms with Crippen molar-refractivity contribution >= 4 is 27.7 Å². The summed E-state index contributed by atoms with van der Waals surface area (Å²) in [5.74, 6) is -0.430. The van der Waals surface area contributed by atoms with Gasteiger partial charge in [-0.2, -0.15) is 0 Å². The first kappa shape index (κ1) is 21.9. The van der Waals surface area contributed by atoms with Gasteiger partial charge in [0.05, 0.1) is 4.47 Å². The normalized spacial score (nSPS) is 11.6. The summed E-state index contributed by atoms with van der Waals surface area (Å²) in [7, 11) is 1.52. The molecule has 2 aromatic carbocycles. The number of carbonyl (C=O) groups excluding carboxylic acids is 2. The van der Waals surface area contributed by atoms with Crippen LogP contribution in [0.4, 0.5) is 4.39 Å². The predicted octanol–water partition coefficient (Wildman–Crippen LogP) is 3.69. The number of benzene rings is 2. The SMILES string of the molecule is CCc1ccc(OCC(=O)N(Cc2ccc(F)cc2)C(C)C(=O)NC)c(Br)c1. The Hall–Kier alpha value is -2.41. The highest BCUT2D eigenvalue weighted by Crippen LogP contribution is 2.26. The number of nitrogens with zero attached hydrogens (tertiary/aromatic N) is 1. The molecule has 2 aromatic rings. The quantitative estimate of drug-likeness (QED) is 0.666. The van der Waals surface area contributed by atoms with E-state index in [2.05, 4.69) is 28.2 Å². The number of hydrogen-bond acceptors (Lipinski definition) is 3. The molecule has 0 radical (unpaired) electrons. The van der Waals surface area contributed by atoms with Gasteiger partial charge in [-0.1, -0.05) is 25.1 Å². The van der Waals surface area contributed by atoms with Crippen molar-refractivity contribution in [2.24, 2.45) is 0 Å². The molecule has 2 amide bonds. The second kappa shape index (κ2) is 10.2. The van der Waals surface area contributed by atoms with E-state index in [0.717, 1.165) is 22.0 Å². The molecule has 1 atom stereocenters. The summed E-state index contributed by atoms with van der Waals surface area (Å²) < 4.78 is 19.6. The first-order valence-electron chi connectivity index (χ1n) is 9.02. The average molecular weight is 451 g/mol. The minimum absolute atomic E-state index is 0.174. The highest BCUT2D eigenvalue weighted by molar-refractivity contribution is 9.10. The van der Waals surface area contributed by atoms with Crippen LogP contribution in [0.3, 0.4) is 0 Å². The number of amides is 2. The van der Waals surface area contributed by atoms with E-state index in [1.54, 1.807) is 19.1 Å². The minimum Gasteiger partial charge on any atom is -0.483 e. The van der Waals surface area contributed by atoms with E-state index < -0.39 is 6.04 Å². The van der Waals surface area contributed by atoms with E-state index >= 15 is 0 Å². The summed E-state index contributed by atoms with van der Waals surface area (Å²) in [6.07, 6.45) is 0.896. The molecule has 0 aliphatic rings. The van der Waals surface area contributed by atoms with Gasteiger partial charge in [0, 0.05) is 13.6 Å². The fraction of sp³-hybridized carbons (Fsp3) is 0.333. The molecule has 0 aliphatic heterocycles. The number of likely N-dealkylation sites (N-methyl/N-ethyl adjacent to an activating group) is 1. The summed E-state index contributed by atoms with van der Waals surface area (Å²) in [5, 5.41) is 2.55. The number of aryl methyl sites for hydroxylation is 1.